The molecule has 0 bridgehead atoms. The Kier molecular flexibility index (Phi) is 6.19. The summed E-state index contributed by atoms with van der Waals surface area (Å²) in [5.74, 6) is 0.715. The summed E-state index contributed by atoms with van der Waals surface area (Å²) in [7, 11) is 0. The van der Waals surface area contributed by atoms with Gasteiger partial charge in [-0.15, -0.1) is 0 Å². The van der Waals surface area contributed by atoms with Gasteiger partial charge >= 0.3 is 5.91 Å². The number of nitrogens with one attached hydrogen (secondary N) is 1. The van der Waals surface area contributed by atoms with Crippen LogP contribution in [-0.2, 0) is 6.61 Å². The van der Waals surface area contributed by atoms with Crippen molar-refractivity contribution in [1.82, 2.24) is 5.43 Å². The number of hydrogen-bond donors (Lipinski definition) is 1. The van der Waals surface area contributed by atoms with Crippen molar-refractivity contribution in [1.29, 1.82) is 0 Å². The van der Waals surface area contributed by atoms with Crippen LogP contribution in [0.2, 0.25) is 0 Å². The zero-order valence-corrected chi connectivity index (χ0v) is 14.8. The molecule has 0 radical (unpaired) electrons. The van der Waals surface area contributed by atoms with Crippen LogP contribution in [0, 0.1) is 10.1 Å². The average Bonchev–Trinajstić information content (AvgIpc) is 3.00. The van der Waals surface area contributed by atoms with E-state index in [1.807, 2.05) is 0 Å². The van der Waals surface area contributed by atoms with Crippen molar-refractivity contribution < 1.29 is 18.9 Å². The number of hydrazone groups is 1. The Labute approximate surface area is 156 Å². The Balaban J connectivity index is 1.52. The Hall–Kier alpha value is -3.16. The third-order valence-electron chi connectivity index (χ3n) is 4.31. The number of furan rings is 1. The molecule has 1 aliphatic rings. The molecule has 0 saturated heterocycles. The van der Waals surface area contributed by atoms with Crippen LogP contribution in [0.5, 0.6) is 5.75 Å². The van der Waals surface area contributed by atoms with Gasteiger partial charge in [0.2, 0.25) is 0 Å². The fourth-order valence-corrected chi connectivity index (χ4v) is 2.83. The molecule has 0 atom stereocenters. The quantitative estimate of drug-likeness (QED) is 0.465. The Morgan fingerprint density at radius 3 is 2.48 bits per heavy atom. The lowest BCUT2D eigenvalue weighted by molar-refractivity contribution is -0.384. The van der Waals surface area contributed by atoms with Gasteiger partial charge in [-0.05, 0) is 49.9 Å². The van der Waals surface area contributed by atoms with E-state index in [4.69, 9.17) is 9.15 Å². The Morgan fingerprint density at radius 2 is 1.81 bits per heavy atom. The fourth-order valence-electron chi connectivity index (χ4n) is 2.83. The number of hydrogen-bond acceptors (Lipinski definition) is 6. The van der Waals surface area contributed by atoms with E-state index >= 15 is 0 Å². The minimum atomic E-state index is -0.473. The summed E-state index contributed by atoms with van der Waals surface area (Å²) >= 11 is 0. The second-order valence-corrected chi connectivity index (χ2v) is 6.34. The molecule has 1 aromatic carbocycles. The highest BCUT2D eigenvalue weighted by Crippen LogP contribution is 2.19. The number of non-ortho nitro benzene ring substituents is 1. The number of benzene rings is 1. The average molecular weight is 371 g/mol. The maximum atomic E-state index is 12.1. The highest BCUT2D eigenvalue weighted by Gasteiger charge is 2.13. The molecule has 142 valence electrons. The van der Waals surface area contributed by atoms with Crippen LogP contribution >= 0.6 is 0 Å². The van der Waals surface area contributed by atoms with Gasteiger partial charge < -0.3 is 9.15 Å². The smallest absolute Gasteiger partial charge is 0.307 e. The van der Waals surface area contributed by atoms with Crippen LogP contribution in [0.4, 0.5) is 5.69 Å². The molecule has 2 aromatic rings. The summed E-state index contributed by atoms with van der Waals surface area (Å²) in [5, 5.41) is 14.8. The van der Waals surface area contributed by atoms with Gasteiger partial charge in [-0.2, -0.15) is 5.10 Å². The van der Waals surface area contributed by atoms with Gasteiger partial charge in [-0.25, -0.2) is 5.43 Å². The monoisotopic (exact) mass is 371 g/mol. The maximum Gasteiger partial charge on any atom is 0.307 e. The Morgan fingerprint density at radius 1 is 1.11 bits per heavy atom. The standard InChI is InChI=1S/C19H21N3O5/c23-19(21-20-14-5-3-1-2-4-6-14)18-12-11-17(27-18)13-26-16-9-7-15(8-10-16)22(24)25/h7-12H,1-6,13H2,(H,21,23). The molecule has 1 aliphatic carbocycles. The molecule has 1 fully saturated rings. The zero-order chi connectivity index (χ0) is 19.1. The molecule has 1 saturated carbocycles. The molecule has 1 amide bonds. The molecule has 8 heteroatoms. The number of nitro benzene ring substituents is 1. The summed E-state index contributed by atoms with van der Waals surface area (Å²) < 4.78 is 11.0. The van der Waals surface area contributed by atoms with Gasteiger partial charge in [-0.3, -0.25) is 14.9 Å². The fraction of sp³-hybridized carbons (Fsp3) is 0.368. The molecule has 1 aromatic heterocycles. The first-order valence-corrected chi connectivity index (χ1v) is 8.93. The van der Waals surface area contributed by atoms with Gasteiger partial charge in [0.25, 0.3) is 5.69 Å². The summed E-state index contributed by atoms with van der Waals surface area (Å²) in [4.78, 5) is 22.3. The van der Waals surface area contributed by atoms with Crippen LogP contribution in [-0.4, -0.2) is 16.5 Å². The third kappa shape index (κ3) is 5.40. The normalized spacial score (nSPS) is 14.3. The molecule has 3 rings (SSSR count). The predicted octanol–water partition coefficient (Wildman–Crippen LogP) is 4.21. The van der Waals surface area contributed by atoms with Crippen molar-refractivity contribution in [3.05, 3.63) is 58.0 Å². The second-order valence-electron chi connectivity index (χ2n) is 6.34. The van der Waals surface area contributed by atoms with E-state index in [0.717, 1.165) is 31.4 Å². The van der Waals surface area contributed by atoms with Crippen LogP contribution < -0.4 is 10.2 Å². The predicted molar refractivity (Wildman–Crippen MR) is 98.7 cm³/mol. The number of rotatable bonds is 6. The van der Waals surface area contributed by atoms with Crippen molar-refractivity contribution in [3.8, 4) is 5.75 Å². The minimum Gasteiger partial charge on any atom is -0.486 e. The third-order valence-corrected chi connectivity index (χ3v) is 4.31. The summed E-state index contributed by atoms with van der Waals surface area (Å²) in [5.41, 5.74) is 3.57. The summed E-state index contributed by atoms with van der Waals surface area (Å²) in [6, 6.07) is 8.97. The molecular weight excluding hydrogens is 350 g/mol. The van der Waals surface area contributed by atoms with Crippen LogP contribution in [0.3, 0.4) is 0 Å². The number of carbonyl (C=O) groups excluding carboxylic acids is 1. The van der Waals surface area contributed by atoms with E-state index in [1.165, 1.54) is 37.1 Å². The first-order valence-electron chi connectivity index (χ1n) is 8.93. The van der Waals surface area contributed by atoms with Gasteiger partial charge in [-0.1, -0.05) is 12.8 Å². The van der Waals surface area contributed by atoms with Gasteiger partial charge in [0.15, 0.2) is 5.76 Å². The number of nitro groups is 1. The number of nitrogens with zero attached hydrogens (tertiary/aromatic N) is 2. The molecule has 1 heterocycles. The highest BCUT2D eigenvalue weighted by atomic mass is 16.6. The van der Waals surface area contributed by atoms with E-state index in [1.54, 1.807) is 12.1 Å². The van der Waals surface area contributed by atoms with E-state index in [9.17, 15) is 14.9 Å². The van der Waals surface area contributed by atoms with Crippen molar-refractivity contribution >= 4 is 17.3 Å². The largest absolute Gasteiger partial charge is 0.486 e. The molecule has 8 nitrogen and oxygen atoms in total. The van der Waals surface area contributed by atoms with Crippen LogP contribution in [0.1, 0.15) is 54.8 Å². The Bertz CT molecular complexity index is 816. The topological polar surface area (TPSA) is 107 Å². The van der Waals surface area contributed by atoms with E-state index < -0.39 is 10.8 Å². The summed E-state index contributed by atoms with van der Waals surface area (Å²) in [6.45, 7) is 0.111. The van der Waals surface area contributed by atoms with Crippen molar-refractivity contribution in [3.63, 3.8) is 0 Å². The number of amides is 1. The molecule has 1 N–H and O–H groups in total. The first-order chi connectivity index (χ1) is 13.1. The summed E-state index contributed by atoms with van der Waals surface area (Å²) in [6.07, 6.45) is 6.49. The molecule has 0 unspecified atom stereocenters. The molecular formula is C19H21N3O5. The van der Waals surface area contributed by atoms with Crippen LogP contribution in [0.25, 0.3) is 0 Å². The van der Waals surface area contributed by atoms with Crippen LogP contribution in [0.15, 0.2) is 45.9 Å². The zero-order valence-electron chi connectivity index (χ0n) is 14.8. The molecule has 0 aliphatic heterocycles. The lowest BCUT2D eigenvalue weighted by atomic mass is 10.2. The van der Waals surface area contributed by atoms with Crippen molar-refractivity contribution in [2.24, 2.45) is 5.10 Å². The maximum absolute atomic E-state index is 12.1. The van der Waals surface area contributed by atoms with Gasteiger partial charge in [0, 0.05) is 17.8 Å². The lowest BCUT2D eigenvalue weighted by Gasteiger charge is -2.04. The number of carbonyl (C=O) groups is 1. The SMILES string of the molecule is O=C(NN=C1CCCCCC1)c1ccc(COc2ccc([N+](=O)[O-])cc2)o1. The van der Waals surface area contributed by atoms with Crippen molar-refractivity contribution in [2.45, 2.75) is 45.1 Å². The van der Waals surface area contributed by atoms with Gasteiger partial charge in [0.1, 0.15) is 18.1 Å². The lowest BCUT2D eigenvalue weighted by Crippen LogP contribution is -2.19. The molecule has 27 heavy (non-hydrogen) atoms. The van der Waals surface area contributed by atoms with E-state index in [-0.39, 0.29) is 18.1 Å². The first kappa shape index (κ1) is 18.6. The minimum absolute atomic E-state index is 0.00500. The second kappa shape index (κ2) is 8.98. The van der Waals surface area contributed by atoms with Crippen molar-refractivity contribution in [2.75, 3.05) is 0 Å². The highest BCUT2D eigenvalue weighted by molar-refractivity contribution is 5.93. The van der Waals surface area contributed by atoms with E-state index in [2.05, 4.69) is 10.5 Å². The van der Waals surface area contributed by atoms with E-state index in [0.29, 0.717) is 11.5 Å². The van der Waals surface area contributed by atoms with Gasteiger partial charge in [0.05, 0.1) is 4.92 Å². The number of ether oxygens (including phenoxy) is 1. The molecule has 0 spiro atoms.